The number of aromatic nitrogens is 2. The van der Waals surface area contributed by atoms with Crippen LogP contribution in [0, 0.1) is 11.6 Å². The summed E-state index contributed by atoms with van der Waals surface area (Å²) in [5, 5.41) is 10.2. The smallest absolute Gasteiger partial charge is 0.255 e. The van der Waals surface area contributed by atoms with Crippen LogP contribution in [0.4, 0.5) is 14.5 Å². The molecule has 3 aromatic rings. The maximum Gasteiger partial charge on any atom is 0.255 e. The highest BCUT2D eigenvalue weighted by Crippen LogP contribution is 2.46. The van der Waals surface area contributed by atoms with Crippen molar-refractivity contribution in [2.45, 2.75) is 18.8 Å². The first-order chi connectivity index (χ1) is 14.0. The number of nitrogens with one attached hydrogen (secondary N) is 2. The molecule has 0 aliphatic heterocycles. The van der Waals surface area contributed by atoms with Crippen LogP contribution in [-0.4, -0.2) is 30.3 Å². The molecular weight excluding hydrogens is 380 g/mol. The number of hydrogen-bond donors (Lipinski definition) is 2. The first-order valence-corrected chi connectivity index (χ1v) is 9.08. The van der Waals surface area contributed by atoms with Crippen molar-refractivity contribution in [3.63, 3.8) is 0 Å². The molecule has 1 aromatic heterocycles. The maximum atomic E-state index is 13.5. The zero-order valence-electron chi connectivity index (χ0n) is 15.9. The predicted molar refractivity (Wildman–Crippen MR) is 103 cm³/mol. The number of ether oxygens (including phenoxy) is 2. The molecule has 0 spiro atoms. The van der Waals surface area contributed by atoms with E-state index in [0.717, 1.165) is 36.7 Å². The second kappa shape index (κ2) is 7.54. The van der Waals surface area contributed by atoms with Crippen molar-refractivity contribution in [2.75, 3.05) is 19.5 Å². The minimum atomic E-state index is -0.818. The molecule has 6 nitrogen and oxygen atoms in total. The van der Waals surface area contributed by atoms with E-state index >= 15 is 0 Å². The quantitative estimate of drug-likeness (QED) is 0.640. The number of aromatic amines is 1. The topological polar surface area (TPSA) is 76.2 Å². The lowest BCUT2D eigenvalue weighted by Gasteiger charge is -2.12. The van der Waals surface area contributed by atoms with E-state index in [1.165, 1.54) is 7.11 Å². The Morgan fingerprint density at radius 3 is 2.45 bits per heavy atom. The summed E-state index contributed by atoms with van der Waals surface area (Å²) < 4.78 is 37.7. The van der Waals surface area contributed by atoms with Crippen LogP contribution >= 0.6 is 0 Å². The molecule has 1 heterocycles. The molecule has 1 aliphatic carbocycles. The number of anilines is 1. The lowest BCUT2D eigenvalue weighted by molar-refractivity contribution is 0.102. The van der Waals surface area contributed by atoms with Crippen molar-refractivity contribution in [2.24, 2.45) is 0 Å². The van der Waals surface area contributed by atoms with Gasteiger partial charge in [-0.1, -0.05) is 0 Å². The minimum Gasteiger partial charge on any atom is -0.497 e. The lowest BCUT2D eigenvalue weighted by atomic mass is 10.1. The molecule has 2 N–H and O–H groups in total. The molecule has 29 heavy (non-hydrogen) atoms. The van der Waals surface area contributed by atoms with Crippen molar-refractivity contribution in [1.82, 2.24) is 10.2 Å². The van der Waals surface area contributed by atoms with E-state index in [2.05, 4.69) is 15.5 Å². The van der Waals surface area contributed by atoms with Gasteiger partial charge in [-0.25, -0.2) is 8.78 Å². The summed E-state index contributed by atoms with van der Waals surface area (Å²) in [4.78, 5) is 12.7. The highest BCUT2D eigenvalue weighted by atomic mass is 19.1. The van der Waals surface area contributed by atoms with Crippen LogP contribution in [0.2, 0.25) is 0 Å². The van der Waals surface area contributed by atoms with Gasteiger partial charge in [0.15, 0.2) is 0 Å². The van der Waals surface area contributed by atoms with Gasteiger partial charge in [0, 0.05) is 29.2 Å². The fourth-order valence-electron chi connectivity index (χ4n) is 3.21. The monoisotopic (exact) mass is 399 g/mol. The van der Waals surface area contributed by atoms with Crippen LogP contribution in [0.15, 0.2) is 36.4 Å². The Bertz CT molecular complexity index is 1060. The highest BCUT2D eigenvalue weighted by Gasteiger charge is 2.31. The number of methoxy groups -OCH3 is 2. The zero-order chi connectivity index (χ0) is 20.5. The molecule has 0 atom stereocenters. The SMILES string of the molecule is COc1ccc(-c2n[nH]c(C3CC3)c2NC(=O)c2cc(F)cc(F)c2)c(OC)c1. The summed E-state index contributed by atoms with van der Waals surface area (Å²) in [7, 11) is 3.08. The summed E-state index contributed by atoms with van der Waals surface area (Å²) in [6.45, 7) is 0. The van der Waals surface area contributed by atoms with Gasteiger partial charge in [0.1, 0.15) is 28.8 Å². The van der Waals surface area contributed by atoms with Gasteiger partial charge in [0.05, 0.1) is 25.6 Å². The average Bonchev–Trinajstić information content (AvgIpc) is 3.47. The Morgan fingerprint density at radius 1 is 1.10 bits per heavy atom. The largest absolute Gasteiger partial charge is 0.497 e. The molecule has 1 saturated carbocycles. The van der Waals surface area contributed by atoms with Crippen molar-refractivity contribution >= 4 is 11.6 Å². The number of halogens is 2. The molecule has 1 fully saturated rings. The minimum absolute atomic E-state index is 0.113. The highest BCUT2D eigenvalue weighted by molar-refractivity contribution is 6.06. The predicted octanol–water partition coefficient (Wildman–Crippen LogP) is 4.50. The molecule has 8 heteroatoms. The van der Waals surface area contributed by atoms with Gasteiger partial charge in [0.25, 0.3) is 5.91 Å². The number of carbonyl (C=O) groups excluding carboxylic acids is 1. The standard InChI is InChI=1S/C21H19F2N3O3/c1-28-15-5-6-16(17(10-15)29-2)19-20(18(25-26-19)11-3-4-11)24-21(27)12-7-13(22)9-14(23)8-12/h5-11H,3-4H2,1-2H3,(H,24,27)(H,25,26). The zero-order valence-corrected chi connectivity index (χ0v) is 15.9. The number of nitrogens with zero attached hydrogens (tertiary/aromatic N) is 1. The molecular formula is C21H19F2N3O3. The second-order valence-corrected chi connectivity index (χ2v) is 6.81. The molecule has 0 radical (unpaired) electrons. The van der Waals surface area contributed by atoms with Crippen molar-refractivity contribution in [3.05, 3.63) is 59.3 Å². The number of carbonyl (C=O) groups is 1. The van der Waals surface area contributed by atoms with Crippen LogP contribution in [0.3, 0.4) is 0 Å². The molecule has 150 valence electrons. The van der Waals surface area contributed by atoms with Gasteiger partial charge in [-0.15, -0.1) is 0 Å². The van der Waals surface area contributed by atoms with Gasteiger partial charge in [0.2, 0.25) is 0 Å². The Balaban J connectivity index is 1.75. The summed E-state index contributed by atoms with van der Waals surface area (Å²) >= 11 is 0. The van der Waals surface area contributed by atoms with Crippen molar-refractivity contribution < 1.29 is 23.0 Å². The normalized spacial score (nSPS) is 13.2. The Morgan fingerprint density at radius 2 is 1.83 bits per heavy atom. The van der Waals surface area contributed by atoms with E-state index in [9.17, 15) is 13.6 Å². The van der Waals surface area contributed by atoms with Crippen molar-refractivity contribution in [1.29, 1.82) is 0 Å². The number of hydrogen-bond acceptors (Lipinski definition) is 4. The van der Waals surface area contributed by atoms with Gasteiger partial charge >= 0.3 is 0 Å². The summed E-state index contributed by atoms with van der Waals surface area (Å²) in [6.07, 6.45) is 1.94. The first kappa shape index (κ1) is 18.9. The van der Waals surface area contributed by atoms with Crippen LogP contribution in [0.5, 0.6) is 11.5 Å². The molecule has 0 bridgehead atoms. The Hall–Kier alpha value is -3.42. The van der Waals surface area contributed by atoms with Gasteiger partial charge in [-0.3, -0.25) is 9.89 Å². The van der Waals surface area contributed by atoms with E-state index in [1.54, 1.807) is 25.3 Å². The van der Waals surface area contributed by atoms with Crippen LogP contribution in [0.1, 0.15) is 34.8 Å². The second-order valence-electron chi connectivity index (χ2n) is 6.81. The summed E-state index contributed by atoms with van der Waals surface area (Å²) in [5.41, 5.74) is 2.28. The molecule has 4 rings (SSSR count). The molecule has 2 aromatic carbocycles. The number of rotatable bonds is 6. The van der Waals surface area contributed by atoms with E-state index in [1.807, 2.05) is 0 Å². The molecule has 1 aliphatic rings. The number of benzene rings is 2. The first-order valence-electron chi connectivity index (χ1n) is 9.08. The Labute approximate surface area is 165 Å². The van der Waals surface area contributed by atoms with E-state index in [0.29, 0.717) is 28.4 Å². The average molecular weight is 399 g/mol. The number of amides is 1. The summed E-state index contributed by atoms with van der Waals surface area (Å²) in [5.74, 6) is -0.876. The van der Waals surface area contributed by atoms with Crippen LogP contribution in [-0.2, 0) is 0 Å². The third kappa shape index (κ3) is 3.78. The molecule has 0 saturated heterocycles. The van der Waals surface area contributed by atoms with Gasteiger partial charge in [-0.2, -0.15) is 5.10 Å². The number of H-pyrrole nitrogens is 1. The fourth-order valence-corrected chi connectivity index (χ4v) is 3.21. The van der Waals surface area contributed by atoms with E-state index < -0.39 is 17.5 Å². The molecule has 0 unspecified atom stereocenters. The van der Waals surface area contributed by atoms with Crippen molar-refractivity contribution in [3.8, 4) is 22.8 Å². The fraction of sp³-hybridized carbons (Fsp3) is 0.238. The third-order valence-corrected chi connectivity index (χ3v) is 4.81. The van der Waals surface area contributed by atoms with E-state index in [-0.39, 0.29) is 11.5 Å². The van der Waals surface area contributed by atoms with E-state index in [4.69, 9.17) is 9.47 Å². The lowest BCUT2D eigenvalue weighted by Crippen LogP contribution is -2.14. The van der Waals surface area contributed by atoms with Crippen LogP contribution in [0.25, 0.3) is 11.3 Å². The van der Waals surface area contributed by atoms with Gasteiger partial charge < -0.3 is 14.8 Å². The van der Waals surface area contributed by atoms with Gasteiger partial charge in [-0.05, 0) is 37.1 Å². The Kier molecular flexibility index (Phi) is 4.92. The van der Waals surface area contributed by atoms with Crippen LogP contribution < -0.4 is 14.8 Å². The summed E-state index contributed by atoms with van der Waals surface area (Å²) in [6, 6.07) is 7.96. The maximum absolute atomic E-state index is 13.5. The third-order valence-electron chi connectivity index (χ3n) is 4.81. The molecule has 1 amide bonds.